The molecule has 2 aromatic carbocycles. The summed E-state index contributed by atoms with van der Waals surface area (Å²) in [5.74, 6) is -0.0985. The molecule has 0 saturated heterocycles. The van der Waals surface area contributed by atoms with Gasteiger partial charge in [0.1, 0.15) is 19.3 Å². The summed E-state index contributed by atoms with van der Waals surface area (Å²) >= 11 is 0. The minimum atomic E-state index is -1.22. The first-order valence-corrected chi connectivity index (χ1v) is 10.1. The van der Waals surface area contributed by atoms with Crippen molar-refractivity contribution in [2.24, 2.45) is 0 Å². The second-order valence-electron chi connectivity index (χ2n) is 6.95. The van der Waals surface area contributed by atoms with Gasteiger partial charge in [0.2, 0.25) is 0 Å². The number of aliphatic hydroxyl groups is 1. The minimum absolute atomic E-state index is 0.0788. The molecule has 0 radical (unpaired) electrons. The van der Waals surface area contributed by atoms with Crippen molar-refractivity contribution in [1.29, 1.82) is 0 Å². The van der Waals surface area contributed by atoms with E-state index < -0.39 is 18.2 Å². The van der Waals surface area contributed by atoms with E-state index in [1.165, 1.54) is 46.3 Å². The van der Waals surface area contributed by atoms with Gasteiger partial charge in [0.15, 0.2) is 29.1 Å². The average Bonchev–Trinajstić information content (AvgIpc) is 2.79. The average molecular weight is 460 g/mol. The lowest BCUT2D eigenvalue weighted by atomic mass is 10.0. The van der Waals surface area contributed by atoms with Crippen molar-refractivity contribution >= 4 is 18.0 Å². The Morgan fingerprint density at radius 2 is 1.64 bits per heavy atom. The molecule has 0 spiro atoms. The van der Waals surface area contributed by atoms with Crippen molar-refractivity contribution in [2.45, 2.75) is 26.1 Å². The highest BCUT2D eigenvalue weighted by Crippen LogP contribution is 2.34. The topological polar surface area (TPSA) is 121 Å². The van der Waals surface area contributed by atoms with Crippen LogP contribution < -0.4 is 14.2 Å². The van der Waals surface area contributed by atoms with Crippen molar-refractivity contribution < 1.29 is 43.5 Å². The Hall–Kier alpha value is -3.72. The predicted molar refractivity (Wildman–Crippen MR) is 119 cm³/mol. The van der Waals surface area contributed by atoms with Gasteiger partial charge >= 0.3 is 11.9 Å². The van der Waals surface area contributed by atoms with E-state index in [-0.39, 0.29) is 30.7 Å². The number of phenols is 1. The van der Waals surface area contributed by atoms with Crippen LogP contribution in [0.4, 0.5) is 0 Å². The lowest BCUT2D eigenvalue weighted by Gasteiger charge is -2.25. The molecule has 0 saturated carbocycles. The highest BCUT2D eigenvalue weighted by molar-refractivity contribution is 5.66. The van der Waals surface area contributed by atoms with Crippen LogP contribution in [0.25, 0.3) is 6.08 Å². The number of phenolic OH excluding ortho intramolecular Hbond substituents is 1. The Morgan fingerprint density at radius 1 is 0.939 bits per heavy atom. The first-order valence-electron chi connectivity index (χ1n) is 10.1. The van der Waals surface area contributed by atoms with Gasteiger partial charge in [0, 0.05) is 13.8 Å². The third-order valence-electron chi connectivity index (χ3n) is 4.51. The second-order valence-corrected chi connectivity index (χ2v) is 6.95. The Morgan fingerprint density at radius 3 is 2.27 bits per heavy atom. The first kappa shape index (κ1) is 25.5. The minimum Gasteiger partial charge on any atom is -0.504 e. The summed E-state index contributed by atoms with van der Waals surface area (Å²) in [6.07, 6.45) is 1.24. The highest BCUT2D eigenvalue weighted by Gasteiger charge is 2.26. The summed E-state index contributed by atoms with van der Waals surface area (Å²) in [7, 11) is 2.86. The Bertz CT molecular complexity index is 984. The quantitative estimate of drug-likeness (QED) is 0.487. The SMILES string of the molecule is COc1cc(C(O)C(COC(C)=O)Oc2ccc(/C=C/COC(C)=O)cc2OC)ccc1O. The second kappa shape index (κ2) is 12.4. The van der Waals surface area contributed by atoms with Crippen molar-refractivity contribution in [2.75, 3.05) is 27.4 Å². The monoisotopic (exact) mass is 460 g/mol. The van der Waals surface area contributed by atoms with Gasteiger partial charge in [-0.3, -0.25) is 9.59 Å². The molecule has 0 heterocycles. The normalized spacial score (nSPS) is 12.6. The van der Waals surface area contributed by atoms with Crippen LogP contribution in [0.5, 0.6) is 23.0 Å². The molecule has 178 valence electrons. The van der Waals surface area contributed by atoms with E-state index in [1.54, 1.807) is 30.4 Å². The summed E-state index contributed by atoms with van der Waals surface area (Å²) in [5, 5.41) is 20.7. The maximum Gasteiger partial charge on any atom is 0.302 e. The van der Waals surface area contributed by atoms with E-state index in [4.69, 9.17) is 23.7 Å². The van der Waals surface area contributed by atoms with E-state index >= 15 is 0 Å². The molecule has 0 aliphatic rings. The van der Waals surface area contributed by atoms with Crippen LogP contribution in [0.15, 0.2) is 42.5 Å². The van der Waals surface area contributed by atoms with E-state index in [9.17, 15) is 19.8 Å². The zero-order chi connectivity index (χ0) is 24.4. The number of aliphatic hydroxyl groups excluding tert-OH is 1. The maximum atomic E-state index is 11.4. The molecule has 0 aromatic heterocycles. The van der Waals surface area contributed by atoms with Crippen LogP contribution in [0, 0.1) is 0 Å². The third-order valence-corrected chi connectivity index (χ3v) is 4.51. The number of carbonyl (C=O) groups is 2. The van der Waals surface area contributed by atoms with Gasteiger partial charge in [-0.25, -0.2) is 0 Å². The molecule has 9 heteroatoms. The van der Waals surface area contributed by atoms with Gasteiger partial charge in [-0.2, -0.15) is 0 Å². The lowest BCUT2D eigenvalue weighted by molar-refractivity contribution is -0.145. The number of benzene rings is 2. The van der Waals surface area contributed by atoms with Crippen LogP contribution in [0.2, 0.25) is 0 Å². The summed E-state index contributed by atoms with van der Waals surface area (Å²) in [4.78, 5) is 22.2. The van der Waals surface area contributed by atoms with E-state index in [2.05, 4.69) is 0 Å². The fourth-order valence-corrected chi connectivity index (χ4v) is 2.88. The summed E-state index contributed by atoms with van der Waals surface area (Å²) < 4.78 is 26.4. The van der Waals surface area contributed by atoms with Crippen molar-refractivity contribution in [1.82, 2.24) is 0 Å². The molecule has 0 aliphatic heterocycles. The highest BCUT2D eigenvalue weighted by atomic mass is 16.6. The van der Waals surface area contributed by atoms with Crippen LogP contribution in [0.1, 0.15) is 31.1 Å². The Labute approximate surface area is 192 Å². The Balaban J connectivity index is 2.26. The van der Waals surface area contributed by atoms with E-state index in [0.29, 0.717) is 17.1 Å². The number of esters is 2. The molecule has 0 bridgehead atoms. The maximum absolute atomic E-state index is 11.4. The standard InChI is InChI=1S/C24H28O9/c1-15(25)31-11-5-6-17-7-10-20(22(12-17)30-4)33-23(14-32-16(2)26)24(28)18-8-9-19(27)21(13-18)29-3/h5-10,12-13,23-24,27-28H,11,14H2,1-4H3/b6-5+. The van der Waals surface area contributed by atoms with Crippen molar-refractivity contribution in [3.63, 3.8) is 0 Å². The van der Waals surface area contributed by atoms with Crippen LogP contribution >= 0.6 is 0 Å². The summed E-state index contributed by atoms with van der Waals surface area (Å²) in [6.45, 7) is 2.50. The molecule has 2 aromatic rings. The zero-order valence-corrected chi connectivity index (χ0v) is 18.9. The summed E-state index contributed by atoms with van der Waals surface area (Å²) in [5.41, 5.74) is 1.16. The summed E-state index contributed by atoms with van der Waals surface area (Å²) in [6, 6.07) is 9.48. The van der Waals surface area contributed by atoms with Crippen LogP contribution in [0.3, 0.4) is 0 Å². The molecule has 33 heavy (non-hydrogen) atoms. The van der Waals surface area contributed by atoms with Gasteiger partial charge in [0.05, 0.1) is 14.2 Å². The fourth-order valence-electron chi connectivity index (χ4n) is 2.88. The fraction of sp³-hybridized carbons (Fsp3) is 0.333. The number of aromatic hydroxyl groups is 1. The molecule has 0 amide bonds. The first-order chi connectivity index (χ1) is 15.7. The smallest absolute Gasteiger partial charge is 0.302 e. The molecule has 2 rings (SSSR count). The van der Waals surface area contributed by atoms with Gasteiger partial charge in [-0.15, -0.1) is 0 Å². The number of carbonyl (C=O) groups excluding carboxylic acids is 2. The number of rotatable bonds is 11. The molecular weight excluding hydrogens is 432 g/mol. The molecule has 2 atom stereocenters. The van der Waals surface area contributed by atoms with Gasteiger partial charge in [-0.05, 0) is 41.5 Å². The molecule has 9 nitrogen and oxygen atoms in total. The predicted octanol–water partition coefficient (Wildman–Crippen LogP) is 3.03. The number of ether oxygens (including phenoxy) is 5. The number of hydrogen-bond donors (Lipinski definition) is 2. The number of methoxy groups -OCH3 is 2. The third kappa shape index (κ3) is 7.73. The molecule has 2 unspecified atom stereocenters. The van der Waals surface area contributed by atoms with Crippen LogP contribution in [-0.4, -0.2) is 55.7 Å². The molecule has 0 aliphatic carbocycles. The Kier molecular flexibility index (Phi) is 9.56. The molecular formula is C24H28O9. The molecule has 0 fully saturated rings. The van der Waals surface area contributed by atoms with Gasteiger partial charge in [-0.1, -0.05) is 18.2 Å². The van der Waals surface area contributed by atoms with Crippen LogP contribution in [-0.2, 0) is 19.1 Å². The van der Waals surface area contributed by atoms with E-state index in [0.717, 1.165) is 5.56 Å². The van der Waals surface area contributed by atoms with Crippen molar-refractivity contribution in [3.05, 3.63) is 53.6 Å². The largest absolute Gasteiger partial charge is 0.504 e. The van der Waals surface area contributed by atoms with Gasteiger partial charge < -0.3 is 33.9 Å². The van der Waals surface area contributed by atoms with Gasteiger partial charge in [0.25, 0.3) is 0 Å². The zero-order valence-electron chi connectivity index (χ0n) is 18.9. The molecule has 2 N–H and O–H groups in total. The van der Waals surface area contributed by atoms with Crippen molar-refractivity contribution in [3.8, 4) is 23.0 Å². The lowest BCUT2D eigenvalue weighted by Crippen LogP contribution is -2.31. The number of hydrogen-bond acceptors (Lipinski definition) is 9. The van der Waals surface area contributed by atoms with E-state index in [1.807, 2.05) is 0 Å².